The molecule has 1 aliphatic carbocycles. The second kappa shape index (κ2) is 2.50. The van der Waals surface area contributed by atoms with Crippen LogP contribution in [0.3, 0.4) is 0 Å². The van der Waals surface area contributed by atoms with E-state index in [1.54, 1.807) is 0 Å². The summed E-state index contributed by atoms with van der Waals surface area (Å²) in [7, 11) is 0. The van der Waals surface area contributed by atoms with Gasteiger partial charge in [-0.05, 0) is 29.6 Å². The SMILES string of the molecule is CCC1(C)CC(C)C(C)(C)C1. The van der Waals surface area contributed by atoms with Gasteiger partial charge >= 0.3 is 0 Å². The molecular formula is C11H22. The van der Waals surface area contributed by atoms with Crippen LogP contribution >= 0.6 is 0 Å². The van der Waals surface area contributed by atoms with Crippen LogP contribution in [-0.2, 0) is 0 Å². The van der Waals surface area contributed by atoms with E-state index in [9.17, 15) is 0 Å². The molecule has 0 saturated heterocycles. The Morgan fingerprint density at radius 3 is 2.00 bits per heavy atom. The molecule has 0 aromatic heterocycles. The van der Waals surface area contributed by atoms with Crippen molar-refractivity contribution in [3.63, 3.8) is 0 Å². The summed E-state index contributed by atoms with van der Waals surface area (Å²) in [6.45, 7) is 12.0. The van der Waals surface area contributed by atoms with Gasteiger partial charge in [-0.1, -0.05) is 41.0 Å². The zero-order chi connectivity index (χ0) is 8.70. The van der Waals surface area contributed by atoms with Gasteiger partial charge in [-0.2, -0.15) is 0 Å². The van der Waals surface area contributed by atoms with Gasteiger partial charge in [0.15, 0.2) is 0 Å². The van der Waals surface area contributed by atoms with Crippen molar-refractivity contribution in [2.45, 2.75) is 53.9 Å². The fourth-order valence-corrected chi connectivity index (χ4v) is 2.63. The van der Waals surface area contributed by atoms with Crippen molar-refractivity contribution in [1.82, 2.24) is 0 Å². The van der Waals surface area contributed by atoms with Gasteiger partial charge in [-0.3, -0.25) is 0 Å². The molecule has 1 rings (SSSR count). The number of hydrogen-bond acceptors (Lipinski definition) is 0. The molecule has 0 aliphatic heterocycles. The minimum absolute atomic E-state index is 0.588. The van der Waals surface area contributed by atoms with E-state index in [4.69, 9.17) is 0 Å². The van der Waals surface area contributed by atoms with Crippen molar-refractivity contribution in [3.8, 4) is 0 Å². The van der Waals surface area contributed by atoms with Crippen LogP contribution in [0.4, 0.5) is 0 Å². The summed E-state index contributed by atoms with van der Waals surface area (Å²) in [6.07, 6.45) is 4.19. The Bertz CT molecular complexity index is 146. The van der Waals surface area contributed by atoms with Gasteiger partial charge < -0.3 is 0 Å². The third-order valence-corrected chi connectivity index (χ3v) is 3.87. The van der Waals surface area contributed by atoms with Crippen LogP contribution in [0, 0.1) is 16.7 Å². The van der Waals surface area contributed by atoms with E-state index in [1.807, 2.05) is 0 Å². The standard InChI is InChI=1S/C11H22/c1-6-11(5)7-9(2)10(3,4)8-11/h9H,6-8H2,1-5H3. The molecule has 0 spiro atoms. The lowest BCUT2D eigenvalue weighted by Crippen LogP contribution is -2.15. The van der Waals surface area contributed by atoms with Crippen LogP contribution in [-0.4, -0.2) is 0 Å². The average Bonchev–Trinajstić information content (AvgIpc) is 2.04. The smallest absolute Gasteiger partial charge is 0.0321 e. The number of rotatable bonds is 1. The van der Waals surface area contributed by atoms with E-state index in [1.165, 1.54) is 19.3 Å². The van der Waals surface area contributed by atoms with Crippen LogP contribution in [0.1, 0.15) is 53.9 Å². The first-order valence-electron chi connectivity index (χ1n) is 4.90. The van der Waals surface area contributed by atoms with E-state index < -0.39 is 0 Å². The molecule has 0 bridgehead atoms. The Morgan fingerprint density at radius 2 is 1.82 bits per heavy atom. The average molecular weight is 154 g/mol. The maximum absolute atomic E-state index is 2.44. The van der Waals surface area contributed by atoms with Crippen LogP contribution < -0.4 is 0 Å². The topological polar surface area (TPSA) is 0 Å². The summed E-state index contributed by atoms with van der Waals surface area (Å²) >= 11 is 0. The molecule has 2 unspecified atom stereocenters. The van der Waals surface area contributed by atoms with Gasteiger partial charge in [-0.25, -0.2) is 0 Å². The van der Waals surface area contributed by atoms with Crippen LogP contribution in [0.25, 0.3) is 0 Å². The predicted octanol–water partition coefficient (Wildman–Crippen LogP) is 3.86. The second-order valence-corrected chi connectivity index (χ2v) is 5.43. The highest BCUT2D eigenvalue weighted by Gasteiger charge is 2.43. The Labute approximate surface area is 71.4 Å². The van der Waals surface area contributed by atoms with Gasteiger partial charge in [-0.15, -0.1) is 0 Å². The van der Waals surface area contributed by atoms with Crippen molar-refractivity contribution in [2.24, 2.45) is 16.7 Å². The third-order valence-electron chi connectivity index (χ3n) is 3.87. The quantitative estimate of drug-likeness (QED) is 0.538. The molecule has 66 valence electrons. The van der Waals surface area contributed by atoms with Crippen molar-refractivity contribution in [2.75, 3.05) is 0 Å². The minimum Gasteiger partial charge on any atom is -0.0649 e. The summed E-state index contributed by atoms with van der Waals surface area (Å²) in [5, 5.41) is 0. The summed E-state index contributed by atoms with van der Waals surface area (Å²) in [4.78, 5) is 0. The van der Waals surface area contributed by atoms with Crippen molar-refractivity contribution in [3.05, 3.63) is 0 Å². The normalized spacial score (nSPS) is 42.8. The molecule has 0 aromatic rings. The minimum atomic E-state index is 0.588. The Balaban J connectivity index is 2.71. The monoisotopic (exact) mass is 154 g/mol. The van der Waals surface area contributed by atoms with Crippen molar-refractivity contribution in [1.29, 1.82) is 0 Å². The first-order valence-corrected chi connectivity index (χ1v) is 4.90. The Hall–Kier alpha value is 0. The summed E-state index contributed by atoms with van der Waals surface area (Å²) in [5.41, 5.74) is 1.23. The lowest BCUT2D eigenvalue weighted by atomic mass is 9.80. The van der Waals surface area contributed by atoms with E-state index >= 15 is 0 Å². The lowest BCUT2D eigenvalue weighted by molar-refractivity contribution is 0.255. The van der Waals surface area contributed by atoms with Crippen LogP contribution in [0.5, 0.6) is 0 Å². The van der Waals surface area contributed by atoms with E-state index in [-0.39, 0.29) is 0 Å². The largest absolute Gasteiger partial charge is 0.0649 e. The highest BCUT2D eigenvalue weighted by Crippen LogP contribution is 2.53. The molecule has 2 atom stereocenters. The molecule has 1 fully saturated rings. The van der Waals surface area contributed by atoms with Gasteiger partial charge in [0.1, 0.15) is 0 Å². The zero-order valence-corrected chi connectivity index (χ0v) is 8.70. The zero-order valence-electron chi connectivity index (χ0n) is 8.70. The summed E-state index contributed by atoms with van der Waals surface area (Å²) in [5.74, 6) is 0.910. The highest BCUT2D eigenvalue weighted by molar-refractivity contribution is 4.93. The van der Waals surface area contributed by atoms with E-state index in [0.29, 0.717) is 10.8 Å². The Kier molecular flexibility index (Phi) is 2.07. The maximum atomic E-state index is 2.44. The first kappa shape index (κ1) is 9.09. The van der Waals surface area contributed by atoms with Crippen molar-refractivity contribution < 1.29 is 0 Å². The highest BCUT2D eigenvalue weighted by atomic mass is 14.5. The molecule has 0 amide bonds. The molecular weight excluding hydrogens is 132 g/mol. The van der Waals surface area contributed by atoms with Gasteiger partial charge in [0.2, 0.25) is 0 Å². The molecule has 11 heavy (non-hydrogen) atoms. The molecule has 0 heterocycles. The van der Waals surface area contributed by atoms with Gasteiger partial charge in [0, 0.05) is 0 Å². The Morgan fingerprint density at radius 1 is 1.27 bits per heavy atom. The van der Waals surface area contributed by atoms with Gasteiger partial charge in [0.05, 0.1) is 0 Å². The summed E-state index contributed by atoms with van der Waals surface area (Å²) < 4.78 is 0. The molecule has 0 nitrogen and oxygen atoms in total. The molecule has 0 radical (unpaired) electrons. The predicted molar refractivity (Wildman–Crippen MR) is 50.6 cm³/mol. The third kappa shape index (κ3) is 1.60. The lowest BCUT2D eigenvalue weighted by Gasteiger charge is -2.25. The molecule has 1 aliphatic rings. The maximum Gasteiger partial charge on any atom is -0.0321 e. The second-order valence-electron chi connectivity index (χ2n) is 5.43. The molecule has 0 heteroatoms. The first-order chi connectivity index (χ1) is 4.90. The molecule has 0 aromatic carbocycles. The molecule has 1 saturated carbocycles. The van der Waals surface area contributed by atoms with Crippen LogP contribution in [0.2, 0.25) is 0 Å². The van der Waals surface area contributed by atoms with E-state index in [0.717, 1.165) is 5.92 Å². The van der Waals surface area contributed by atoms with Gasteiger partial charge in [0.25, 0.3) is 0 Å². The summed E-state index contributed by atoms with van der Waals surface area (Å²) in [6, 6.07) is 0. The number of hydrogen-bond donors (Lipinski definition) is 0. The van der Waals surface area contributed by atoms with Crippen molar-refractivity contribution >= 4 is 0 Å². The fraction of sp³-hybridized carbons (Fsp3) is 1.00. The molecule has 0 N–H and O–H groups in total. The van der Waals surface area contributed by atoms with E-state index in [2.05, 4.69) is 34.6 Å². The fourth-order valence-electron chi connectivity index (χ4n) is 2.63. The van der Waals surface area contributed by atoms with Crippen LogP contribution in [0.15, 0.2) is 0 Å².